The van der Waals surface area contributed by atoms with Gasteiger partial charge in [0.05, 0.1) is 18.7 Å². The van der Waals surface area contributed by atoms with E-state index in [-0.39, 0.29) is 11.9 Å². The van der Waals surface area contributed by atoms with Crippen LogP contribution in [0.25, 0.3) is 0 Å². The molecule has 142 valence electrons. The van der Waals surface area contributed by atoms with Crippen LogP contribution in [0.3, 0.4) is 0 Å². The molecule has 0 radical (unpaired) electrons. The molecule has 0 saturated carbocycles. The van der Waals surface area contributed by atoms with E-state index in [1.165, 1.54) is 11.3 Å². The van der Waals surface area contributed by atoms with Gasteiger partial charge >= 0.3 is 5.97 Å². The van der Waals surface area contributed by atoms with E-state index < -0.39 is 0 Å². The average molecular weight is 369 g/mol. The summed E-state index contributed by atoms with van der Waals surface area (Å²) in [5, 5.41) is 3.52. The van der Waals surface area contributed by atoms with Crippen LogP contribution in [0.2, 0.25) is 0 Å². The molecule has 1 amide bonds. The maximum Gasteiger partial charge on any atom is 0.341 e. The molecule has 6 heteroatoms. The Morgan fingerprint density at radius 3 is 2.16 bits per heavy atom. The summed E-state index contributed by atoms with van der Waals surface area (Å²) in [7, 11) is 0. The third kappa shape index (κ3) is 6.78. The lowest BCUT2D eigenvalue weighted by Crippen LogP contribution is -2.38. The second-order valence-electron chi connectivity index (χ2n) is 7.24. The van der Waals surface area contributed by atoms with Gasteiger partial charge in [-0.1, -0.05) is 27.7 Å². The van der Waals surface area contributed by atoms with Crippen LogP contribution in [-0.4, -0.2) is 43.0 Å². The maximum atomic E-state index is 12.5. The number of nitrogens with one attached hydrogen (secondary N) is 1. The molecule has 1 aromatic rings. The molecule has 0 fully saturated rings. The number of hydrogen-bond acceptors (Lipinski definition) is 5. The Morgan fingerprint density at radius 1 is 1.12 bits per heavy atom. The van der Waals surface area contributed by atoms with Crippen LogP contribution in [-0.2, 0) is 9.53 Å². The Bertz CT molecular complexity index is 584. The van der Waals surface area contributed by atoms with E-state index in [1.54, 1.807) is 6.92 Å². The predicted molar refractivity (Wildman–Crippen MR) is 104 cm³/mol. The van der Waals surface area contributed by atoms with Gasteiger partial charge in [0, 0.05) is 18.0 Å². The Hall–Kier alpha value is -1.40. The van der Waals surface area contributed by atoms with Crippen LogP contribution in [0.4, 0.5) is 5.00 Å². The molecular formula is C19H32N2O3S. The summed E-state index contributed by atoms with van der Waals surface area (Å²) in [6, 6.07) is 0. The van der Waals surface area contributed by atoms with Crippen molar-refractivity contribution in [3.05, 3.63) is 16.0 Å². The SMILES string of the molecule is CCOC(=O)c1c(NC(=O)CN(CC(C)C)CC(C)C)sc(C)c1C. The van der Waals surface area contributed by atoms with Crippen molar-refractivity contribution in [2.45, 2.75) is 48.5 Å². The van der Waals surface area contributed by atoms with Gasteiger partial charge in [-0.25, -0.2) is 4.79 Å². The van der Waals surface area contributed by atoms with Gasteiger partial charge < -0.3 is 10.1 Å². The number of aryl methyl sites for hydroxylation is 1. The molecule has 0 aromatic carbocycles. The number of carbonyl (C=O) groups is 2. The van der Waals surface area contributed by atoms with Crippen molar-refractivity contribution in [1.29, 1.82) is 0 Å². The minimum atomic E-state index is -0.374. The zero-order valence-electron chi connectivity index (χ0n) is 16.6. The number of nitrogens with zero attached hydrogens (tertiary/aromatic N) is 1. The topological polar surface area (TPSA) is 58.6 Å². The molecule has 0 aliphatic carbocycles. The summed E-state index contributed by atoms with van der Waals surface area (Å²) in [4.78, 5) is 27.9. The summed E-state index contributed by atoms with van der Waals surface area (Å²) in [6.45, 7) is 16.6. The van der Waals surface area contributed by atoms with Crippen molar-refractivity contribution in [3.8, 4) is 0 Å². The average Bonchev–Trinajstić information content (AvgIpc) is 2.72. The monoisotopic (exact) mass is 368 g/mol. The predicted octanol–water partition coefficient (Wildman–Crippen LogP) is 4.09. The molecule has 0 aliphatic heterocycles. The summed E-state index contributed by atoms with van der Waals surface area (Å²) >= 11 is 1.43. The number of anilines is 1. The van der Waals surface area contributed by atoms with Crippen molar-refractivity contribution < 1.29 is 14.3 Å². The van der Waals surface area contributed by atoms with Crippen molar-refractivity contribution in [1.82, 2.24) is 4.90 Å². The Labute approximate surface area is 155 Å². The molecule has 25 heavy (non-hydrogen) atoms. The molecule has 0 unspecified atom stereocenters. The highest BCUT2D eigenvalue weighted by molar-refractivity contribution is 7.16. The molecule has 0 bridgehead atoms. The largest absolute Gasteiger partial charge is 0.462 e. The minimum absolute atomic E-state index is 0.0897. The van der Waals surface area contributed by atoms with E-state index in [0.29, 0.717) is 35.6 Å². The standard InChI is InChI=1S/C19H32N2O3S/c1-8-24-19(23)17-14(6)15(7)25-18(17)20-16(22)11-21(9-12(2)3)10-13(4)5/h12-13H,8-11H2,1-7H3,(H,20,22). The van der Waals surface area contributed by atoms with Gasteiger partial charge in [0.25, 0.3) is 0 Å². The molecule has 1 rings (SSSR count). The highest BCUT2D eigenvalue weighted by Gasteiger charge is 2.23. The van der Waals surface area contributed by atoms with E-state index in [0.717, 1.165) is 23.5 Å². The van der Waals surface area contributed by atoms with Crippen molar-refractivity contribution in [2.24, 2.45) is 11.8 Å². The van der Waals surface area contributed by atoms with Crippen LogP contribution in [0.1, 0.15) is 55.4 Å². The zero-order chi connectivity index (χ0) is 19.1. The molecule has 1 aromatic heterocycles. The Kier molecular flexibility index (Phi) is 8.59. The lowest BCUT2D eigenvalue weighted by molar-refractivity contribution is -0.117. The van der Waals surface area contributed by atoms with E-state index in [9.17, 15) is 9.59 Å². The van der Waals surface area contributed by atoms with Gasteiger partial charge in [0.15, 0.2) is 0 Å². The Morgan fingerprint density at radius 2 is 1.68 bits per heavy atom. The lowest BCUT2D eigenvalue weighted by atomic mass is 10.1. The number of rotatable bonds is 9. The van der Waals surface area contributed by atoms with Gasteiger partial charge in [-0.3, -0.25) is 9.69 Å². The number of amides is 1. The van der Waals surface area contributed by atoms with Gasteiger partial charge in [-0.15, -0.1) is 11.3 Å². The summed E-state index contributed by atoms with van der Waals surface area (Å²) < 4.78 is 5.14. The highest BCUT2D eigenvalue weighted by Crippen LogP contribution is 2.33. The van der Waals surface area contributed by atoms with Crippen LogP contribution in [0, 0.1) is 25.7 Å². The fourth-order valence-corrected chi connectivity index (χ4v) is 3.83. The van der Waals surface area contributed by atoms with Crippen molar-refractivity contribution in [2.75, 3.05) is 31.6 Å². The zero-order valence-corrected chi connectivity index (χ0v) is 17.4. The third-order valence-electron chi connectivity index (χ3n) is 3.73. The molecule has 5 nitrogen and oxygen atoms in total. The highest BCUT2D eigenvalue weighted by atomic mass is 32.1. The molecule has 0 spiro atoms. The first-order valence-corrected chi connectivity index (χ1v) is 9.76. The number of hydrogen-bond donors (Lipinski definition) is 1. The number of carbonyl (C=O) groups excluding carboxylic acids is 2. The fraction of sp³-hybridized carbons (Fsp3) is 0.684. The minimum Gasteiger partial charge on any atom is -0.462 e. The van der Waals surface area contributed by atoms with Gasteiger partial charge in [-0.05, 0) is 38.2 Å². The molecule has 0 atom stereocenters. The normalized spacial score (nSPS) is 11.4. The van der Waals surface area contributed by atoms with E-state index in [2.05, 4.69) is 37.9 Å². The third-order valence-corrected chi connectivity index (χ3v) is 4.85. The second kappa shape index (κ2) is 9.92. The van der Waals surface area contributed by atoms with Crippen LogP contribution in [0.5, 0.6) is 0 Å². The van der Waals surface area contributed by atoms with Crippen molar-refractivity contribution >= 4 is 28.2 Å². The molecule has 0 aliphatic rings. The Balaban J connectivity index is 2.88. The molecule has 0 saturated heterocycles. The molecule has 1 N–H and O–H groups in total. The molecular weight excluding hydrogens is 336 g/mol. The first-order chi connectivity index (χ1) is 11.6. The summed E-state index contributed by atoms with van der Waals surface area (Å²) in [5.41, 5.74) is 1.36. The van der Waals surface area contributed by atoms with Gasteiger partial charge in [-0.2, -0.15) is 0 Å². The quantitative estimate of drug-likeness (QED) is 0.667. The lowest BCUT2D eigenvalue weighted by Gasteiger charge is -2.25. The van der Waals surface area contributed by atoms with Crippen molar-refractivity contribution in [3.63, 3.8) is 0 Å². The van der Waals surface area contributed by atoms with Crippen LogP contribution < -0.4 is 5.32 Å². The molecule has 1 heterocycles. The first-order valence-electron chi connectivity index (χ1n) is 8.94. The maximum absolute atomic E-state index is 12.5. The number of esters is 1. The van der Waals surface area contributed by atoms with Gasteiger partial charge in [0.2, 0.25) is 5.91 Å². The van der Waals surface area contributed by atoms with Gasteiger partial charge in [0.1, 0.15) is 5.00 Å². The fourth-order valence-electron chi connectivity index (χ4n) is 2.77. The second-order valence-corrected chi connectivity index (χ2v) is 8.46. The van der Waals surface area contributed by atoms with E-state index in [1.807, 2.05) is 13.8 Å². The van der Waals surface area contributed by atoms with Crippen LogP contribution >= 0.6 is 11.3 Å². The number of ether oxygens (including phenoxy) is 1. The number of thiophene rings is 1. The van der Waals surface area contributed by atoms with E-state index >= 15 is 0 Å². The first kappa shape index (κ1) is 21.6. The smallest absolute Gasteiger partial charge is 0.341 e. The van der Waals surface area contributed by atoms with E-state index in [4.69, 9.17) is 4.74 Å². The van der Waals surface area contributed by atoms with Crippen LogP contribution in [0.15, 0.2) is 0 Å². The summed E-state index contributed by atoms with van der Waals surface area (Å²) in [6.07, 6.45) is 0. The summed E-state index contributed by atoms with van der Waals surface area (Å²) in [5.74, 6) is 0.523.